The second-order valence-corrected chi connectivity index (χ2v) is 8.59. The number of carbonyl (C=O) groups is 1. The number of hydrogen-bond donors (Lipinski definition) is 0. The van der Waals surface area contributed by atoms with Gasteiger partial charge in [0.1, 0.15) is 11.4 Å². The van der Waals surface area contributed by atoms with Crippen molar-refractivity contribution < 1.29 is 9.53 Å². The molecule has 2 aromatic rings. The molecule has 7 nitrogen and oxygen atoms in total. The Balaban J connectivity index is 1.48. The maximum atomic E-state index is 12.5. The van der Waals surface area contributed by atoms with E-state index in [9.17, 15) is 14.4 Å². The van der Waals surface area contributed by atoms with E-state index >= 15 is 0 Å². The van der Waals surface area contributed by atoms with E-state index in [-0.39, 0.29) is 11.9 Å². The molecule has 0 N–H and O–H groups in total. The van der Waals surface area contributed by atoms with Gasteiger partial charge in [-0.25, -0.2) is 0 Å². The fraction of sp³-hybridized carbons (Fsp3) is 0.542. The summed E-state index contributed by atoms with van der Waals surface area (Å²) in [6, 6.07) is 6.34. The number of hydrogen-bond acceptors (Lipinski definition) is 7. The molecular weight excluding hydrogens is 394 g/mol. The largest absolute Gasteiger partial charge is 0.466 e. The number of aryl methyl sites for hydroxylation is 1. The molecular formula is C24H31N3O4. The molecule has 0 unspecified atom stereocenters. The first kappa shape index (κ1) is 21.4. The summed E-state index contributed by atoms with van der Waals surface area (Å²) in [5, 5.41) is 0. The van der Waals surface area contributed by atoms with Gasteiger partial charge in [-0.2, -0.15) is 0 Å². The zero-order chi connectivity index (χ0) is 22.1. The van der Waals surface area contributed by atoms with Crippen LogP contribution in [0.15, 0.2) is 27.8 Å². The summed E-state index contributed by atoms with van der Waals surface area (Å²) in [5.74, 6) is -0.457. The molecule has 0 aromatic heterocycles. The van der Waals surface area contributed by atoms with E-state index < -0.39 is 10.9 Å². The Morgan fingerprint density at radius 2 is 1.61 bits per heavy atom. The van der Waals surface area contributed by atoms with Crippen LogP contribution in [0.2, 0.25) is 0 Å². The molecule has 0 aliphatic carbocycles. The topological polar surface area (TPSA) is 70.2 Å². The third-order valence-electron chi connectivity index (χ3n) is 6.73. The van der Waals surface area contributed by atoms with Gasteiger partial charge < -0.3 is 19.4 Å². The standard InChI is InChI=1S/C24H31N3O4/c1-4-31-24(30)18-8-6-10-27(15-18)21-20(22(28)23(21)29)26-13-11-25(12-14-26)19-9-5-7-16(2)17(19)3/h5,7,9,18H,4,6,8,10-15H2,1-3H3/t18-/m0/s1. The maximum Gasteiger partial charge on any atom is 0.310 e. The summed E-state index contributed by atoms with van der Waals surface area (Å²) in [6.45, 7) is 10.5. The predicted octanol–water partition coefficient (Wildman–Crippen LogP) is 2.01. The van der Waals surface area contributed by atoms with Gasteiger partial charge in [0.15, 0.2) is 0 Å². The molecule has 2 aliphatic rings. The van der Waals surface area contributed by atoms with Gasteiger partial charge in [-0.3, -0.25) is 14.4 Å². The van der Waals surface area contributed by atoms with Crippen LogP contribution >= 0.6 is 0 Å². The van der Waals surface area contributed by atoms with Gasteiger partial charge in [0.05, 0.1) is 12.5 Å². The van der Waals surface area contributed by atoms with Crippen LogP contribution in [0, 0.1) is 19.8 Å². The first-order chi connectivity index (χ1) is 14.9. The van der Waals surface area contributed by atoms with Crippen molar-refractivity contribution in [2.45, 2.75) is 33.6 Å². The number of piperidine rings is 1. The lowest BCUT2D eigenvalue weighted by Gasteiger charge is -2.41. The Kier molecular flexibility index (Phi) is 6.03. The number of anilines is 3. The predicted molar refractivity (Wildman–Crippen MR) is 123 cm³/mol. The molecule has 0 saturated carbocycles. The first-order valence-electron chi connectivity index (χ1n) is 11.2. The van der Waals surface area contributed by atoms with Crippen LogP contribution in [0.1, 0.15) is 30.9 Å². The summed E-state index contributed by atoms with van der Waals surface area (Å²) in [5.41, 5.74) is 4.01. The van der Waals surface area contributed by atoms with Gasteiger partial charge in [-0.1, -0.05) is 12.1 Å². The highest BCUT2D eigenvalue weighted by Crippen LogP contribution is 2.31. The minimum absolute atomic E-state index is 0.213. The van der Waals surface area contributed by atoms with Gasteiger partial charge in [0.25, 0.3) is 10.9 Å². The number of carbonyl (C=O) groups excluding carboxylic acids is 1. The third-order valence-corrected chi connectivity index (χ3v) is 6.73. The van der Waals surface area contributed by atoms with Gasteiger partial charge in [-0.05, 0) is 50.8 Å². The minimum Gasteiger partial charge on any atom is -0.466 e. The SMILES string of the molecule is CCOC(=O)[C@H]1CCCN(c2c(N3CCN(c4cccc(C)c4C)CC3)c(=O)c2=O)C1. The molecule has 2 aliphatic heterocycles. The second-order valence-electron chi connectivity index (χ2n) is 8.59. The smallest absolute Gasteiger partial charge is 0.310 e. The fourth-order valence-corrected chi connectivity index (χ4v) is 4.84. The molecule has 2 aromatic carbocycles. The highest BCUT2D eigenvalue weighted by molar-refractivity contribution is 5.79. The van der Waals surface area contributed by atoms with Crippen LogP contribution in [0.3, 0.4) is 0 Å². The van der Waals surface area contributed by atoms with Gasteiger partial charge in [0, 0.05) is 45.0 Å². The van der Waals surface area contributed by atoms with Crippen molar-refractivity contribution in [3.63, 3.8) is 0 Å². The van der Waals surface area contributed by atoms with E-state index in [1.54, 1.807) is 6.92 Å². The van der Waals surface area contributed by atoms with Crippen molar-refractivity contribution in [2.75, 3.05) is 60.6 Å². The highest BCUT2D eigenvalue weighted by atomic mass is 16.5. The summed E-state index contributed by atoms with van der Waals surface area (Å²) >= 11 is 0. The van der Waals surface area contributed by atoms with Gasteiger partial charge >= 0.3 is 5.97 Å². The van der Waals surface area contributed by atoms with E-state index in [1.807, 2.05) is 4.90 Å². The molecule has 2 heterocycles. The number of rotatable bonds is 5. The van der Waals surface area contributed by atoms with Crippen LogP contribution in [0.5, 0.6) is 0 Å². The molecule has 0 radical (unpaired) electrons. The maximum absolute atomic E-state index is 12.5. The average molecular weight is 426 g/mol. The quantitative estimate of drug-likeness (QED) is 0.536. The number of benzene rings is 1. The monoisotopic (exact) mass is 425 g/mol. The summed E-state index contributed by atoms with van der Waals surface area (Å²) in [6.07, 6.45) is 1.57. The average Bonchev–Trinajstić information content (AvgIpc) is 2.79. The van der Waals surface area contributed by atoms with Crippen molar-refractivity contribution in [3.8, 4) is 0 Å². The van der Waals surface area contributed by atoms with Crippen molar-refractivity contribution in [3.05, 3.63) is 49.8 Å². The van der Waals surface area contributed by atoms with Crippen LogP contribution in [-0.2, 0) is 9.53 Å². The molecule has 0 bridgehead atoms. The van der Waals surface area contributed by atoms with Gasteiger partial charge in [0.2, 0.25) is 0 Å². The van der Waals surface area contributed by atoms with Crippen LogP contribution in [-0.4, -0.2) is 51.8 Å². The number of esters is 1. The highest BCUT2D eigenvalue weighted by Gasteiger charge is 2.35. The van der Waals surface area contributed by atoms with E-state index in [4.69, 9.17) is 4.74 Å². The first-order valence-corrected chi connectivity index (χ1v) is 11.2. The normalized spacial score (nSPS) is 19.7. The lowest BCUT2D eigenvalue weighted by Crippen LogP contribution is -2.54. The molecule has 0 amide bonds. The van der Waals surface area contributed by atoms with E-state index in [0.29, 0.717) is 44.2 Å². The molecule has 1 atom stereocenters. The molecule has 2 saturated heterocycles. The summed E-state index contributed by atoms with van der Waals surface area (Å²) in [4.78, 5) is 43.5. The fourth-order valence-electron chi connectivity index (χ4n) is 4.84. The van der Waals surface area contributed by atoms with Crippen molar-refractivity contribution in [1.29, 1.82) is 0 Å². The molecule has 4 rings (SSSR count). The third kappa shape index (κ3) is 3.93. The van der Waals surface area contributed by atoms with Gasteiger partial charge in [-0.15, -0.1) is 0 Å². The Morgan fingerprint density at radius 1 is 0.968 bits per heavy atom. The zero-order valence-corrected chi connectivity index (χ0v) is 18.6. The van der Waals surface area contributed by atoms with Crippen LogP contribution < -0.4 is 25.6 Å². The lowest BCUT2D eigenvalue weighted by atomic mass is 9.96. The summed E-state index contributed by atoms with van der Waals surface area (Å²) < 4.78 is 5.17. The minimum atomic E-state index is -0.420. The Labute approximate surface area is 182 Å². The number of ether oxygens (including phenoxy) is 1. The van der Waals surface area contributed by atoms with E-state index in [1.165, 1.54) is 16.8 Å². The van der Waals surface area contributed by atoms with Crippen molar-refractivity contribution in [1.82, 2.24) is 0 Å². The Bertz CT molecular complexity index is 1030. The lowest BCUT2D eigenvalue weighted by molar-refractivity contribution is -0.148. The molecule has 2 fully saturated rings. The Morgan fingerprint density at radius 3 is 2.29 bits per heavy atom. The zero-order valence-electron chi connectivity index (χ0n) is 18.6. The van der Waals surface area contributed by atoms with E-state index in [2.05, 4.69) is 41.8 Å². The molecule has 7 heteroatoms. The molecule has 31 heavy (non-hydrogen) atoms. The summed E-state index contributed by atoms with van der Waals surface area (Å²) in [7, 11) is 0. The Hall–Kier alpha value is -2.83. The number of piperazine rings is 1. The second kappa shape index (κ2) is 8.73. The van der Waals surface area contributed by atoms with E-state index in [0.717, 1.165) is 25.9 Å². The molecule has 0 spiro atoms. The van der Waals surface area contributed by atoms with Crippen LogP contribution in [0.4, 0.5) is 17.1 Å². The van der Waals surface area contributed by atoms with Crippen LogP contribution in [0.25, 0.3) is 0 Å². The number of nitrogens with zero attached hydrogens (tertiary/aromatic N) is 3. The molecule has 166 valence electrons. The van der Waals surface area contributed by atoms with Crippen molar-refractivity contribution in [2.24, 2.45) is 5.92 Å². The van der Waals surface area contributed by atoms with Crippen molar-refractivity contribution >= 4 is 23.0 Å².